The first-order valence-electron chi connectivity index (χ1n) is 5.00. The number of benzene rings is 1. The zero-order valence-corrected chi connectivity index (χ0v) is 8.98. The first-order valence-corrected chi connectivity index (χ1v) is 5.00. The molecule has 1 radical (unpaired) electrons. The van der Waals surface area contributed by atoms with Crippen LogP contribution in [0.3, 0.4) is 0 Å². The lowest BCUT2D eigenvalue weighted by Gasteiger charge is -2.06. The fraction of sp³-hybridized carbons (Fsp3) is 0.417. The van der Waals surface area contributed by atoms with Crippen LogP contribution in [0, 0.1) is 6.10 Å². The van der Waals surface area contributed by atoms with E-state index in [-0.39, 0.29) is 12.7 Å². The van der Waals surface area contributed by atoms with Crippen LogP contribution >= 0.6 is 0 Å². The third-order valence-corrected chi connectivity index (χ3v) is 1.79. The molecule has 0 saturated heterocycles. The monoisotopic (exact) mass is 209 g/mol. The molecule has 1 N–H and O–H groups in total. The van der Waals surface area contributed by atoms with Gasteiger partial charge in [-0.25, -0.2) is 0 Å². The predicted molar refractivity (Wildman–Crippen MR) is 57.8 cm³/mol. The largest absolute Gasteiger partial charge is 0.385 e. The quantitative estimate of drug-likeness (QED) is 0.699. The fourth-order valence-electron chi connectivity index (χ4n) is 1.10. The number of rotatable bonds is 7. The second kappa shape index (κ2) is 7.40. The van der Waals surface area contributed by atoms with Gasteiger partial charge in [-0.1, -0.05) is 30.3 Å². The van der Waals surface area contributed by atoms with Crippen LogP contribution in [-0.4, -0.2) is 24.9 Å². The standard InChI is InChI=1S/C12H17O3/c1-11(13)9-14-7-8-15-10-12-5-3-2-4-6-12/h2-6,13H,7-10H2,1H3. The third kappa shape index (κ3) is 6.23. The normalized spacial score (nSPS) is 10.9. The number of aliphatic hydroxyl groups excluding tert-OH is 1. The molecule has 0 spiro atoms. The van der Waals surface area contributed by atoms with Crippen molar-refractivity contribution in [2.75, 3.05) is 19.8 Å². The summed E-state index contributed by atoms with van der Waals surface area (Å²) in [4.78, 5) is 0. The molecule has 1 aromatic carbocycles. The Hall–Kier alpha value is -0.900. The third-order valence-electron chi connectivity index (χ3n) is 1.79. The van der Waals surface area contributed by atoms with E-state index in [2.05, 4.69) is 0 Å². The molecule has 1 aromatic rings. The summed E-state index contributed by atoms with van der Waals surface area (Å²) in [7, 11) is 0. The van der Waals surface area contributed by atoms with Gasteiger partial charge >= 0.3 is 0 Å². The van der Waals surface area contributed by atoms with Crippen molar-refractivity contribution in [2.45, 2.75) is 13.5 Å². The van der Waals surface area contributed by atoms with Crippen molar-refractivity contribution in [3.05, 3.63) is 42.0 Å². The molecule has 0 aliphatic heterocycles. The molecule has 0 bridgehead atoms. The van der Waals surface area contributed by atoms with Crippen LogP contribution in [0.5, 0.6) is 0 Å². The van der Waals surface area contributed by atoms with Crippen LogP contribution in [0.4, 0.5) is 0 Å². The summed E-state index contributed by atoms with van der Waals surface area (Å²) in [5.41, 5.74) is 1.16. The van der Waals surface area contributed by atoms with Crippen molar-refractivity contribution in [1.82, 2.24) is 0 Å². The topological polar surface area (TPSA) is 38.7 Å². The zero-order valence-electron chi connectivity index (χ0n) is 8.98. The van der Waals surface area contributed by atoms with E-state index in [9.17, 15) is 0 Å². The van der Waals surface area contributed by atoms with E-state index in [4.69, 9.17) is 14.6 Å². The van der Waals surface area contributed by atoms with Gasteiger partial charge in [0, 0.05) is 0 Å². The lowest BCUT2D eigenvalue weighted by Crippen LogP contribution is -2.08. The van der Waals surface area contributed by atoms with Crippen LogP contribution in [0.15, 0.2) is 30.3 Å². The van der Waals surface area contributed by atoms with Crippen LogP contribution < -0.4 is 0 Å². The van der Waals surface area contributed by atoms with Gasteiger partial charge in [-0.2, -0.15) is 0 Å². The molecule has 0 atom stereocenters. The molecule has 0 aliphatic carbocycles. The minimum atomic E-state index is 0.286. The van der Waals surface area contributed by atoms with Gasteiger partial charge in [0.2, 0.25) is 0 Å². The average Bonchev–Trinajstić information content (AvgIpc) is 2.24. The Labute approximate surface area is 90.6 Å². The van der Waals surface area contributed by atoms with E-state index in [0.29, 0.717) is 19.8 Å². The van der Waals surface area contributed by atoms with E-state index < -0.39 is 0 Å². The number of hydrogen-bond acceptors (Lipinski definition) is 3. The summed E-state index contributed by atoms with van der Waals surface area (Å²) in [5, 5.41) is 8.84. The Kier molecular flexibility index (Phi) is 6.00. The van der Waals surface area contributed by atoms with E-state index in [1.165, 1.54) is 0 Å². The molecule has 3 nitrogen and oxygen atoms in total. The van der Waals surface area contributed by atoms with E-state index in [1.54, 1.807) is 6.92 Å². The molecular weight excluding hydrogens is 192 g/mol. The van der Waals surface area contributed by atoms with E-state index >= 15 is 0 Å². The minimum Gasteiger partial charge on any atom is -0.385 e. The van der Waals surface area contributed by atoms with Gasteiger partial charge in [0.1, 0.15) is 6.10 Å². The van der Waals surface area contributed by atoms with Gasteiger partial charge < -0.3 is 14.6 Å². The molecule has 0 unspecified atom stereocenters. The van der Waals surface area contributed by atoms with Crippen molar-refractivity contribution in [2.24, 2.45) is 0 Å². The van der Waals surface area contributed by atoms with E-state index in [0.717, 1.165) is 5.56 Å². The van der Waals surface area contributed by atoms with Crippen molar-refractivity contribution in [3.63, 3.8) is 0 Å². The summed E-state index contributed by atoms with van der Waals surface area (Å²) in [6.45, 7) is 3.55. The fourth-order valence-corrected chi connectivity index (χ4v) is 1.10. The number of ether oxygens (including phenoxy) is 2. The molecule has 0 aliphatic rings. The van der Waals surface area contributed by atoms with Gasteiger partial charge in [0.15, 0.2) is 0 Å². The maximum atomic E-state index is 8.84. The summed E-state index contributed by atoms with van der Waals surface area (Å²) in [6.07, 6.45) is 0.290. The highest BCUT2D eigenvalue weighted by molar-refractivity contribution is 5.13. The number of aliphatic hydroxyl groups is 1. The SMILES string of the molecule is C[C](O)COCCOCc1ccccc1. The molecule has 83 valence electrons. The first kappa shape index (κ1) is 12.2. The summed E-state index contributed by atoms with van der Waals surface area (Å²) < 4.78 is 10.5. The van der Waals surface area contributed by atoms with Crippen LogP contribution in [0.2, 0.25) is 0 Å². The van der Waals surface area contributed by atoms with Crippen molar-refractivity contribution < 1.29 is 14.6 Å². The van der Waals surface area contributed by atoms with E-state index in [1.807, 2.05) is 30.3 Å². The van der Waals surface area contributed by atoms with Crippen LogP contribution in [0.1, 0.15) is 12.5 Å². The summed E-state index contributed by atoms with van der Waals surface area (Å²) in [6, 6.07) is 9.99. The summed E-state index contributed by atoms with van der Waals surface area (Å²) in [5.74, 6) is 0. The second-order valence-corrected chi connectivity index (χ2v) is 3.33. The molecular formula is C12H17O3. The predicted octanol–water partition coefficient (Wildman–Crippen LogP) is 2.14. The molecule has 0 aromatic heterocycles. The van der Waals surface area contributed by atoms with Crippen molar-refractivity contribution >= 4 is 0 Å². The van der Waals surface area contributed by atoms with Gasteiger partial charge in [-0.15, -0.1) is 0 Å². The zero-order chi connectivity index (χ0) is 10.9. The lowest BCUT2D eigenvalue weighted by atomic mass is 10.2. The average molecular weight is 209 g/mol. The van der Waals surface area contributed by atoms with Crippen molar-refractivity contribution in [3.8, 4) is 0 Å². The maximum Gasteiger partial charge on any atom is 0.116 e. The minimum absolute atomic E-state index is 0.286. The Bertz CT molecular complexity index is 246. The van der Waals surface area contributed by atoms with Crippen LogP contribution in [-0.2, 0) is 16.1 Å². The lowest BCUT2D eigenvalue weighted by molar-refractivity contribution is 0.0301. The molecule has 1 rings (SSSR count). The van der Waals surface area contributed by atoms with Crippen molar-refractivity contribution in [1.29, 1.82) is 0 Å². The molecule has 15 heavy (non-hydrogen) atoms. The Morgan fingerprint density at radius 3 is 2.47 bits per heavy atom. The molecule has 0 fully saturated rings. The Morgan fingerprint density at radius 1 is 1.13 bits per heavy atom. The molecule has 0 heterocycles. The second-order valence-electron chi connectivity index (χ2n) is 3.33. The van der Waals surface area contributed by atoms with Gasteiger partial charge in [0.05, 0.1) is 26.4 Å². The molecule has 0 amide bonds. The highest BCUT2D eigenvalue weighted by Gasteiger charge is 1.96. The van der Waals surface area contributed by atoms with Crippen LogP contribution in [0.25, 0.3) is 0 Å². The Morgan fingerprint density at radius 2 is 1.80 bits per heavy atom. The highest BCUT2D eigenvalue weighted by Crippen LogP contribution is 2.00. The molecule has 0 saturated carbocycles. The van der Waals surface area contributed by atoms with Gasteiger partial charge in [-0.3, -0.25) is 0 Å². The summed E-state index contributed by atoms with van der Waals surface area (Å²) >= 11 is 0. The Balaban J connectivity index is 1.98. The van der Waals surface area contributed by atoms with Gasteiger partial charge in [-0.05, 0) is 12.5 Å². The van der Waals surface area contributed by atoms with Gasteiger partial charge in [0.25, 0.3) is 0 Å². The number of hydrogen-bond donors (Lipinski definition) is 1. The first-order chi connectivity index (χ1) is 7.29. The maximum absolute atomic E-state index is 8.84. The smallest absolute Gasteiger partial charge is 0.116 e. The highest BCUT2D eigenvalue weighted by atomic mass is 16.5. The molecule has 3 heteroatoms.